The van der Waals surface area contributed by atoms with Crippen LogP contribution < -0.4 is 0 Å². The molecule has 0 aromatic heterocycles. The average Bonchev–Trinajstić information content (AvgIpc) is 3.30. The van der Waals surface area contributed by atoms with Crippen LogP contribution in [0.2, 0.25) is 17.1 Å². The number of esters is 2. The number of nitro benzene ring substituents is 1. The molecular formula is C24H38N2O7SSi. The Hall–Kier alpha value is -1.95. The predicted octanol–water partition coefficient (Wildman–Crippen LogP) is 5.10. The first-order chi connectivity index (χ1) is 16.4. The van der Waals surface area contributed by atoms with Crippen molar-refractivity contribution in [3.8, 4) is 0 Å². The minimum atomic E-state index is -2.80. The molecule has 2 rings (SSSR count). The monoisotopic (exact) mass is 526 g/mol. The molecule has 1 heterocycles. The second-order valence-corrected chi connectivity index (χ2v) is 15.9. The number of thioether (sulfide) groups is 1. The largest absolute Gasteiger partial charge is 0.465 e. The van der Waals surface area contributed by atoms with Gasteiger partial charge in [0, 0.05) is 31.0 Å². The molecule has 0 N–H and O–H groups in total. The number of carbonyl (C=O) groups is 2. The summed E-state index contributed by atoms with van der Waals surface area (Å²) >= 11 is 1.37. The highest BCUT2D eigenvalue weighted by molar-refractivity contribution is 8.00. The molecule has 1 saturated heterocycles. The minimum absolute atomic E-state index is 0.00373. The van der Waals surface area contributed by atoms with E-state index >= 15 is 0 Å². The van der Waals surface area contributed by atoms with E-state index in [1.165, 1.54) is 23.9 Å². The summed E-state index contributed by atoms with van der Waals surface area (Å²) < 4.78 is 17.5. The molecule has 1 aliphatic heterocycles. The number of nitrogens with zero attached hydrogens (tertiary/aromatic N) is 2. The van der Waals surface area contributed by atoms with E-state index in [2.05, 4.69) is 27.3 Å². The third-order valence-electron chi connectivity index (χ3n) is 6.48. The lowest BCUT2D eigenvalue weighted by Gasteiger charge is -2.45. The third-order valence-corrected chi connectivity index (χ3v) is 13.4. The lowest BCUT2D eigenvalue weighted by Crippen LogP contribution is -2.55. The summed E-state index contributed by atoms with van der Waals surface area (Å²) in [6.07, 6.45) is 2.11. The van der Waals surface area contributed by atoms with E-state index in [4.69, 9.17) is 14.0 Å². The molecule has 0 aliphatic carbocycles. The van der Waals surface area contributed by atoms with Crippen LogP contribution in [0.15, 0.2) is 24.3 Å². The summed E-state index contributed by atoms with van der Waals surface area (Å²) in [6, 6.07) is 5.95. The maximum Gasteiger partial charge on any atom is 0.318 e. The molecule has 0 saturated carbocycles. The van der Waals surface area contributed by atoms with Crippen molar-refractivity contribution in [1.29, 1.82) is 0 Å². The van der Waals surface area contributed by atoms with E-state index in [0.717, 1.165) is 25.9 Å². The van der Waals surface area contributed by atoms with Crippen LogP contribution in [0.5, 0.6) is 0 Å². The zero-order valence-corrected chi connectivity index (χ0v) is 23.4. The molecule has 1 aromatic rings. The second kappa shape index (κ2) is 12.8. The highest BCUT2D eigenvalue weighted by atomic mass is 32.2. The lowest BCUT2D eigenvalue weighted by molar-refractivity contribution is -0.384. The van der Waals surface area contributed by atoms with Crippen molar-refractivity contribution >= 4 is 37.7 Å². The zero-order valence-electron chi connectivity index (χ0n) is 21.6. The Labute approximate surface area is 213 Å². The van der Waals surface area contributed by atoms with Crippen molar-refractivity contribution in [2.45, 2.75) is 76.4 Å². The Bertz CT molecular complexity index is 872. The SMILES string of the molecule is CCOC(=O)[C@H](C)SC[C@H](C(=O)OCc1ccc([N+](=O)[O-])cc1)[Si](C)(ON1CCCC1)C(C)(C)C. The van der Waals surface area contributed by atoms with Gasteiger partial charge in [0.05, 0.1) is 22.3 Å². The minimum Gasteiger partial charge on any atom is -0.465 e. The van der Waals surface area contributed by atoms with E-state index in [-0.39, 0.29) is 29.3 Å². The molecule has 0 spiro atoms. The first-order valence-electron chi connectivity index (χ1n) is 12.0. The zero-order chi connectivity index (χ0) is 26.2. The van der Waals surface area contributed by atoms with Crippen molar-refractivity contribution in [3.63, 3.8) is 0 Å². The van der Waals surface area contributed by atoms with Gasteiger partial charge >= 0.3 is 11.9 Å². The number of non-ortho nitro benzene ring substituents is 1. The molecule has 1 aromatic carbocycles. The molecule has 1 fully saturated rings. The lowest BCUT2D eigenvalue weighted by atomic mass is 10.2. The summed E-state index contributed by atoms with van der Waals surface area (Å²) in [5.41, 5.74) is 0.104. The molecule has 0 radical (unpaired) electrons. The Kier molecular flexibility index (Phi) is 10.7. The number of carbonyl (C=O) groups excluding carboxylic acids is 2. The first kappa shape index (κ1) is 29.3. The molecular weight excluding hydrogens is 488 g/mol. The smallest absolute Gasteiger partial charge is 0.318 e. The second-order valence-electron chi connectivity index (χ2n) is 9.90. The number of nitro groups is 1. The van der Waals surface area contributed by atoms with E-state index in [9.17, 15) is 19.7 Å². The van der Waals surface area contributed by atoms with Crippen molar-refractivity contribution in [3.05, 3.63) is 39.9 Å². The number of ether oxygens (including phenoxy) is 2. The van der Waals surface area contributed by atoms with Crippen LogP contribution in [0.4, 0.5) is 5.69 Å². The Morgan fingerprint density at radius 2 is 1.74 bits per heavy atom. The first-order valence-corrected chi connectivity index (χ1v) is 15.5. The number of hydrogen-bond donors (Lipinski definition) is 0. The van der Waals surface area contributed by atoms with Gasteiger partial charge in [-0.1, -0.05) is 20.8 Å². The molecule has 0 bridgehead atoms. The van der Waals surface area contributed by atoms with Gasteiger partial charge in [-0.25, -0.2) is 5.06 Å². The fourth-order valence-electron chi connectivity index (χ4n) is 3.76. The normalized spacial score (nSPS) is 17.9. The van der Waals surface area contributed by atoms with Crippen LogP contribution in [0.25, 0.3) is 0 Å². The van der Waals surface area contributed by atoms with Gasteiger partial charge in [0.1, 0.15) is 6.61 Å². The van der Waals surface area contributed by atoms with E-state index < -0.39 is 24.0 Å². The van der Waals surface area contributed by atoms with Crippen molar-refractivity contribution in [2.75, 3.05) is 25.4 Å². The van der Waals surface area contributed by atoms with Crippen LogP contribution in [0, 0.1) is 10.1 Å². The van der Waals surface area contributed by atoms with Gasteiger partial charge in [0.15, 0.2) is 0 Å². The van der Waals surface area contributed by atoms with Crippen LogP contribution in [0.3, 0.4) is 0 Å². The summed E-state index contributed by atoms with van der Waals surface area (Å²) in [7, 11) is -2.80. The van der Waals surface area contributed by atoms with Crippen molar-refractivity contribution in [1.82, 2.24) is 5.06 Å². The molecule has 0 amide bonds. The van der Waals surface area contributed by atoms with Crippen LogP contribution in [-0.2, 0) is 30.2 Å². The highest BCUT2D eigenvalue weighted by Crippen LogP contribution is 2.47. The number of hydroxylamine groups is 2. The van der Waals surface area contributed by atoms with Gasteiger partial charge < -0.3 is 14.0 Å². The summed E-state index contributed by atoms with van der Waals surface area (Å²) in [4.78, 5) is 36.2. The number of rotatable bonds is 12. The standard InChI is InChI=1S/C24H38N2O7SSi/c1-7-31-22(27)18(2)34-17-21(35(6,24(3,4)5)33-25-14-8-9-15-25)23(28)32-16-19-10-12-20(13-11-19)26(29)30/h10-13,18,21H,7-9,14-17H2,1-6H3/t18-,21+,35?/m0/s1. The van der Waals surface area contributed by atoms with Crippen molar-refractivity contribution < 1.29 is 28.5 Å². The fourth-order valence-corrected chi connectivity index (χ4v) is 8.84. The Morgan fingerprint density at radius 3 is 2.26 bits per heavy atom. The summed E-state index contributed by atoms with van der Waals surface area (Å²) in [6.45, 7) is 13.8. The number of benzene rings is 1. The fraction of sp³-hybridized carbons (Fsp3) is 0.667. The van der Waals surface area contributed by atoms with Crippen molar-refractivity contribution in [2.24, 2.45) is 0 Å². The molecule has 35 heavy (non-hydrogen) atoms. The van der Waals surface area contributed by atoms with Gasteiger partial charge in [0.25, 0.3) is 5.69 Å². The molecule has 9 nitrogen and oxygen atoms in total. The van der Waals surface area contributed by atoms with Gasteiger partial charge in [-0.3, -0.25) is 19.7 Å². The Morgan fingerprint density at radius 1 is 1.14 bits per heavy atom. The predicted molar refractivity (Wildman–Crippen MR) is 138 cm³/mol. The van der Waals surface area contributed by atoms with E-state index in [1.807, 2.05) is 5.06 Å². The van der Waals surface area contributed by atoms with Gasteiger partial charge in [-0.05, 0) is 56.0 Å². The number of hydrogen-bond acceptors (Lipinski definition) is 9. The molecule has 196 valence electrons. The maximum atomic E-state index is 13.5. The maximum absolute atomic E-state index is 13.5. The average molecular weight is 527 g/mol. The molecule has 3 atom stereocenters. The topological polar surface area (TPSA) is 108 Å². The molecule has 1 unspecified atom stereocenters. The van der Waals surface area contributed by atoms with Crippen LogP contribution in [-0.4, -0.2) is 60.9 Å². The van der Waals surface area contributed by atoms with Crippen LogP contribution >= 0.6 is 11.8 Å². The summed E-state index contributed by atoms with van der Waals surface area (Å²) in [5, 5.41) is 12.2. The Balaban J connectivity index is 2.24. The van der Waals surface area contributed by atoms with E-state index in [1.54, 1.807) is 26.0 Å². The van der Waals surface area contributed by atoms with Crippen LogP contribution in [0.1, 0.15) is 53.0 Å². The van der Waals surface area contributed by atoms with E-state index in [0.29, 0.717) is 17.9 Å². The third kappa shape index (κ3) is 8.02. The van der Waals surface area contributed by atoms with Gasteiger partial charge in [-0.2, -0.15) is 0 Å². The highest BCUT2D eigenvalue weighted by Gasteiger charge is 2.54. The summed E-state index contributed by atoms with van der Waals surface area (Å²) in [5.74, 6) is -0.322. The van der Waals surface area contributed by atoms with Gasteiger partial charge in [0.2, 0.25) is 8.32 Å². The van der Waals surface area contributed by atoms with Gasteiger partial charge in [-0.15, -0.1) is 11.8 Å². The quantitative estimate of drug-likeness (QED) is 0.159. The molecule has 11 heteroatoms. The molecule has 1 aliphatic rings.